The molecule has 28 heavy (non-hydrogen) atoms. The van der Waals surface area contributed by atoms with E-state index >= 15 is 0 Å². The third kappa shape index (κ3) is 3.66. The van der Waals surface area contributed by atoms with Crippen molar-refractivity contribution in [1.82, 2.24) is 19.1 Å². The molecule has 0 fully saturated rings. The molecule has 0 saturated heterocycles. The topological polar surface area (TPSA) is 72.7 Å². The zero-order valence-electron chi connectivity index (χ0n) is 15.5. The molecule has 0 atom stereocenters. The van der Waals surface area contributed by atoms with E-state index in [4.69, 9.17) is 0 Å². The van der Waals surface area contributed by atoms with Crippen molar-refractivity contribution in [3.63, 3.8) is 0 Å². The van der Waals surface area contributed by atoms with Gasteiger partial charge in [0.05, 0.1) is 5.75 Å². The molecule has 0 saturated carbocycles. The summed E-state index contributed by atoms with van der Waals surface area (Å²) in [6, 6.07) is 20.2. The van der Waals surface area contributed by atoms with Gasteiger partial charge in [0.1, 0.15) is 5.82 Å². The number of hydrogen-bond donors (Lipinski definition) is 1. The molecule has 0 aliphatic rings. The number of aromatic nitrogens is 4. The van der Waals surface area contributed by atoms with E-state index in [1.807, 2.05) is 53.1 Å². The Morgan fingerprint density at radius 2 is 1.68 bits per heavy atom. The molecule has 0 radical (unpaired) electrons. The second-order valence-corrected chi connectivity index (χ2v) is 7.56. The maximum atomic E-state index is 12.5. The minimum atomic E-state index is -0.451. The summed E-state index contributed by atoms with van der Waals surface area (Å²) in [4.78, 5) is 32.7. The van der Waals surface area contributed by atoms with Crippen LogP contribution in [0, 0.1) is 0 Å². The van der Waals surface area contributed by atoms with Gasteiger partial charge in [-0.3, -0.25) is 14.3 Å². The molecule has 2 aromatic carbocycles. The van der Waals surface area contributed by atoms with Crippen LogP contribution in [-0.2, 0) is 25.8 Å². The summed E-state index contributed by atoms with van der Waals surface area (Å²) in [5, 5.41) is 0. The van der Waals surface area contributed by atoms with Crippen molar-refractivity contribution < 1.29 is 0 Å². The van der Waals surface area contributed by atoms with Crippen molar-refractivity contribution in [3.8, 4) is 0 Å². The number of benzene rings is 2. The number of aryl methyl sites for hydroxylation is 3. The third-order valence-electron chi connectivity index (χ3n) is 4.66. The second kappa shape index (κ2) is 7.90. The number of H-pyrrole nitrogens is 1. The van der Waals surface area contributed by atoms with E-state index in [1.54, 1.807) is 18.8 Å². The first-order valence-electron chi connectivity index (χ1n) is 9.03. The molecule has 142 valence electrons. The first kappa shape index (κ1) is 18.3. The van der Waals surface area contributed by atoms with Crippen LogP contribution in [0.15, 0.2) is 75.1 Å². The van der Waals surface area contributed by atoms with Crippen LogP contribution in [0.3, 0.4) is 0 Å². The summed E-state index contributed by atoms with van der Waals surface area (Å²) in [6.07, 6.45) is 0.775. The Hall–Kier alpha value is -3.06. The summed E-state index contributed by atoms with van der Waals surface area (Å²) in [6.45, 7) is 0.618. The lowest BCUT2D eigenvalue weighted by Gasteiger charge is -2.09. The fourth-order valence-electron chi connectivity index (χ4n) is 3.18. The first-order chi connectivity index (χ1) is 13.6. The van der Waals surface area contributed by atoms with Crippen molar-refractivity contribution in [2.45, 2.75) is 23.6 Å². The Balaban J connectivity index is 1.73. The molecular weight excluding hydrogens is 372 g/mol. The molecule has 4 aromatic rings. The Morgan fingerprint density at radius 1 is 1.00 bits per heavy atom. The average molecular weight is 392 g/mol. The number of aromatic amines is 1. The van der Waals surface area contributed by atoms with Gasteiger partial charge in [-0.2, -0.15) is 0 Å². The lowest BCUT2D eigenvalue weighted by Crippen LogP contribution is -2.29. The van der Waals surface area contributed by atoms with Gasteiger partial charge in [-0.25, -0.2) is 9.78 Å². The van der Waals surface area contributed by atoms with Gasteiger partial charge in [-0.1, -0.05) is 48.5 Å². The first-order valence-corrected chi connectivity index (χ1v) is 10.0. The molecule has 6 nitrogen and oxygen atoms in total. The summed E-state index contributed by atoms with van der Waals surface area (Å²) in [7, 11) is 1.63. The summed E-state index contributed by atoms with van der Waals surface area (Å²) >= 11 is 1.66. The molecule has 1 N–H and O–H groups in total. The van der Waals surface area contributed by atoms with Crippen molar-refractivity contribution in [2.75, 3.05) is 0 Å². The van der Waals surface area contributed by atoms with Crippen LogP contribution in [-0.4, -0.2) is 19.1 Å². The number of rotatable bonds is 6. The lowest BCUT2D eigenvalue weighted by atomic mass is 10.1. The van der Waals surface area contributed by atoms with Gasteiger partial charge >= 0.3 is 5.69 Å². The van der Waals surface area contributed by atoms with Gasteiger partial charge in [-0.15, -0.1) is 11.8 Å². The highest BCUT2D eigenvalue weighted by atomic mass is 32.2. The number of nitrogens with zero attached hydrogens (tertiary/aromatic N) is 3. The van der Waals surface area contributed by atoms with Gasteiger partial charge in [0.15, 0.2) is 11.2 Å². The van der Waals surface area contributed by atoms with Crippen molar-refractivity contribution in [3.05, 3.63) is 92.9 Å². The van der Waals surface area contributed by atoms with Gasteiger partial charge in [-0.05, 0) is 24.1 Å². The molecule has 0 aliphatic carbocycles. The van der Waals surface area contributed by atoms with Gasteiger partial charge in [0.25, 0.3) is 5.56 Å². The number of nitrogens with one attached hydrogen (secondary N) is 1. The number of imidazole rings is 1. The van der Waals surface area contributed by atoms with Crippen molar-refractivity contribution >= 4 is 22.9 Å². The summed E-state index contributed by atoms with van der Waals surface area (Å²) in [5.74, 6) is 1.40. The van der Waals surface area contributed by atoms with E-state index in [0.29, 0.717) is 23.5 Å². The number of thioether (sulfide) groups is 1. The number of fused-ring (bicyclic) bond motifs is 1. The second-order valence-electron chi connectivity index (χ2n) is 6.51. The molecular formula is C21H20N4O2S. The molecule has 0 aliphatic heterocycles. The fraction of sp³-hybridized carbons (Fsp3) is 0.190. The Bertz CT molecular complexity index is 1210. The van der Waals surface area contributed by atoms with E-state index in [2.05, 4.69) is 22.1 Å². The average Bonchev–Trinajstić information content (AvgIpc) is 3.10. The Labute approximate surface area is 165 Å². The molecule has 4 rings (SSSR count). The lowest BCUT2D eigenvalue weighted by molar-refractivity contribution is 0.686. The quantitative estimate of drug-likeness (QED) is 0.512. The molecule has 7 heteroatoms. The van der Waals surface area contributed by atoms with Gasteiger partial charge in [0, 0.05) is 18.5 Å². The van der Waals surface area contributed by atoms with Gasteiger partial charge < -0.3 is 4.57 Å². The maximum Gasteiger partial charge on any atom is 0.329 e. The minimum Gasteiger partial charge on any atom is -0.321 e. The molecule has 2 heterocycles. The molecule has 0 spiro atoms. The highest BCUT2D eigenvalue weighted by Gasteiger charge is 2.17. The highest BCUT2D eigenvalue weighted by molar-refractivity contribution is 7.98. The van der Waals surface area contributed by atoms with Crippen molar-refractivity contribution in [1.29, 1.82) is 0 Å². The van der Waals surface area contributed by atoms with E-state index < -0.39 is 11.2 Å². The Morgan fingerprint density at radius 3 is 2.39 bits per heavy atom. The predicted octanol–water partition coefficient (Wildman–Crippen LogP) is 2.96. The van der Waals surface area contributed by atoms with Crippen LogP contribution in [0.1, 0.15) is 11.4 Å². The van der Waals surface area contributed by atoms with Crippen molar-refractivity contribution in [2.24, 2.45) is 7.05 Å². The van der Waals surface area contributed by atoms with E-state index in [0.717, 1.165) is 17.1 Å². The zero-order valence-corrected chi connectivity index (χ0v) is 16.3. The van der Waals surface area contributed by atoms with Crippen LogP contribution >= 0.6 is 11.8 Å². The van der Waals surface area contributed by atoms with Crippen LogP contribution < -0.4 is 11.2 Å². The smallest absolute Gasteiger partial charge is 0.321 e. The monoisotopic (exact) mass is 392 g/mol. The van der Waals surface area contributed by atoms with Crippen LogP contribution in [0.25, 0.3) is 11.2 Å². The highest BCUT2D eigenvalue weighted by Crippen LogP contribution is 2.23. The SMILES string of the molecule is Cn1c(=O)[nH]c(=O)c2c1nc(CSc1ccccc1)n2CCc1ccccc1. The van der Waals surface area contributed by atoms with Crippen LogP contribution in [0.4, 0.5) is 0 Å². The minimum absolute atomic E-state index is 0.394. The molecule has 0 bridgehead atoms. The van der Waals surface area contributed by atoms with E-state index in [-0.39, 0.29) is 0 Å². The van der Waals surface area contributed by atoms with E-state index in [9.17, 15) is 9.59 Å². The molecule has 0 amide bonds. The van der Waals surface area contributed by atoms with E-state index in [1.165, 1.54) is 10.1 Å². The summed E-state index contributed by atoms with van der Waals surface area (Å²) < 4.78 is 3.34. The third-order valence-corrected chi connectivity index (χ3v) is 5.67. The molecule has 2 aromatic heterocycles. The maximum absolute atomic E-state index is 12.5. The van der Waals surface area contributed by atoms with Crippen LogP contribution in [0.2, 0.25) is 0 Å². The zero-order chi connectivity index (χ0) is 19.5. The fourth-order valence-corrected chi connectivity index (χ4v) is 4.05. The Kier molecular flexibility index (Phi) is 5.16. The van der Waals surface area contributed by atoms with Gasteiger partial charge in [0.2, 0.25) is 0 Å². The standard InChI is InChI=1S/C21H20N4O2S/c1-24-19-18(20(26)23-21(24)27)25(13-12-15-8-4-2-5-9-15)17(22-19)14-28-16-10-6-3-7-11-16/h2-11H,12-14H2,1H3,(H,23,26,27). The predicted molar refractivity (Wildman–Crippen MR) is 112 cm³/mol. The molecule has 0 unspecified atom stereocenters. The number of hydrogen-bond acceptors (Lipinski definition) is 4. The largest absolute Gasteiger partial charge is 0.329 e. The normalized spacial score (nSPS) is 11.2. The summed E-state index contributed by atoms with van der Waals surface area (Å²) in [5.41, 5.74) is 1.21. The van der Waals surface area contributed by atoms with Crippen LogP contribution in [0.5, 0.6) is 0 Å².